The molecule has 0 amide bonds. The van der Waals surface area contributed by atoms with E-state index in [-0.39, 0.29) is 11.5 Å². The average Bonchev–Trinajstić information content (AvgIpc) is 3.29. The summed E-state index contributed by atoms with van der Waals surface area (Å²) in [6.45, 7) is 3.66. The van der Waals surface area contributed by atoms with Gasteiger partial charge in [0.2, 0.25) is 0 Å². The molecule has 2 N–H and O–H groups in total. The van der Waals surface area contributed by atoms with Crippen LogP contribution in [0.3, 0.4) is 0 Å². The van der Waals surface area contributed by atoms with E-state index in [4.69, 9.17) is 26.8 Å². The van der Waals surface area contributed by atoms with Gasteiger partial charge >= 0.3 is 0 Å². The number of rotatable bonds is 2. The van der Waals surface area contributed by atoms with Crippen molar-refractivity contribution < 1.29 is 9.47 Å². The lowest BCUT2D eigenvalue weighted by molar-refractivity contribution is 0.265. The maximum absolute atomic E-state index is 6.63. The van der Waals surface area contributed by atoms with Crippen LogP contribution in [0.15, 0.2) is 0 Å². The first-order valence-corrected chi connectivity index (χ1v) is 8.42. The first kappa shape index (κ1) is 13.7. The molecule has 1 aromatic carbocycles. The molecular formula is C17H22ClNO2. The normalized spacial score (nSPS) is 23.4. The van der Waals surface area contributed by atoms with Gasteiger partial charge in [0.15, 0.2) is 0 Å². The van der Waals surface area contributed by atoms with E-state index in [1.807, 2.05) is 0 Å². The molecule has 4 rings (SSSR count). The molecule has 0 radical (unpaired) electrons. The topological polar surface area (TPSA) is 44.5 Å². The number of hydrogen-bond acceptors (Lipinski definition) is 3. The number of nitrogens with two attached hydrogens (primary N) is 1. The Morgan fingerprint density at radius 3 is 2.29 bits per heavy atom. The van der Waals surface area contributed by atoms with Crippen LogP contribution in [-0.4, -0.2) is 19.3 Å². The molecule has 0 bridgehead atoms. The SMILES string of the molecule is CC(N)C1(c2c3c(c(Cl)c4c2OCCC4)OCCC3)CC1. The Labute approximate surface area is 130 Å². The molecule has 0 saturated heterocycles. The van der Waals surface area contributed by atoms with Crippen LogP contribution in [0.4, 0.5) is 0 Å². The molecule has 3 aliphatic rings. The zero-order valence-electron chi connectivity index (χ0n) is 12.5. The molecule has 1 unspecified atom stereocenters. The van der Waals surface area contributed by atoms with Gasteiger partial charge in [-0.25, -0.2) is 0 Å². The number of fused-ring (bicyclic) bond motifs is 2. The Morgan fingerprint density at radius 1 is 1.05 bits per heavy atom. The Hall–Kier alpha value is -0.930. The van der Waals surface area contributed by atoms with E-state index in [2.05, 4.69) is 6.92 Å². The van der Waals surface area contributed by atoms with Crippen molar-refractivity contribution in [3.8, 4) is 11.5 Å². The van der Waals surface area contributed by atoms with Crippen molar-refractivity contribution in [1.29, 1.82) is 0 Å². The zero-order chi connectivity index (χ0) is 14.6. The molecular weight excluding hydrogens is 286 g/mol. The molecule has 0 spiro atoms. The van der Waals surface area contributed by atoms with E-state index >= 15 is 0 Å². The fourth-order valence-electron chi connectivity index (χ4n) is 3.98. The van der Waals surface area contributed by atoms with Crippen LogP contribution in [0, 0.1) is 0 Å². The Balaban J connectivity index is 2.00. The van der Waals surface area contributed by atoms with Crippen LogP contribution in [-0.2, 0) is 18.3 Å². The summed E-state index contributed by atoms with van der Waals surface area (Å²) in [5.41, 5.74) is 10.2. The standard InChI is InChI=1S/C17H22ClNO2/c1-10(19)17(6-7-17)13-11-4-2-9-21-16(11)14(18)12-5-3-8-20-15(12)13/h10H,2-9,19H2,1H3. The van der Waals surface area contributed by atoms with Crippen molar-refractivity contribution in [3.63, 3.8) is 0 Å². The van der Waals surface area contributed by atoms with Gasteiger partial charge in [-0.2, -0.15) is 0 Å². The van der Waals surface area contributed by atoms with Gasteiger partial charge in [0, 0.05) is 28.1 Å². The molecule has 1 atom stereocenters. The van der Waals surface area contributed by atoms with Gasteiger partial charge < -0.3 is 15.2 Å². The van der Waals surface area contributed by atoms with Crippen molar-refractivity contribution in [2.75, 3.05) is 13.2 Å². The number of benzene rings is 1. The van der Waals surface area contributed by atoms with Crippen LogP contribution >= 0.6 is 11.6 Å². The summed E-state index contributed by atoms with van der Waals surface area (Å²) in [7, 11) is 0. The van der Waals surface area contributed by atoms with Crippen molar-refractivity contribution in [1.82, 2.24) is 0 Å². The summed E-state index contributed by atoms with van der Waals surface area (Å²) in [4.78, 5) is 0. The predicted octanol–water partition coefficient (Wildman–Crippen LogP) is 3.37. The highest BCUT2D eigenvalue weighted by Gasteiger charge is 2.52. The second-order valence-electron chi connectivity index (χ2n) is 6.65. The first-order valence-electron chi connectivity index (χ1n) is 8.04. The van der Waals surface area contributed by atoms with Crippen molar-refractivity contribution in [2.45, 2.75) is 56.9 Å². The molecule has 1 fully saturated rings. The molecule has 4 heteroatoms. The minimum Gasteiger partial charge on any atom is -0.493 e. The predicted molar refractivity (Wildman–Crippen MR) is 83.6 cm³/mol. The molecule has 1 aliphatic carbocycles. The van der Waals surface area contributed by atoms with Crippen LogP contribution < -0.4 is 15.2 Å². The first-order chi connectivity index (χ1) is 10.1. The van der Waals surface area contributed by atoms with Gasteiger partial charge in [0.25, 0.3) is 0 Å². The molecule has 3 nitrogen and oxygen atoms in total. The van der Waals surface area contributed by atoms with Gasteiger partial charge in [0.1, 0.15) is 11.5 Å². The second-order valence-corrected chi connectivity index (χ2v) is 7.03. The van der Waals surface area contributed by atoms with E-state index in [0.717, 1.165) is 73.8 Å². The highest BCUT2D eigenvalue weighted by atomic mass is 35.5. The maximum Gasteiger partial charge on any atom is 0.141 e. The molecule has 114 valence electrons. The number of halogens is 1. The highest BCUT2D eigenvalue weighted by molar-refractivity contribution is 6.33. The number of ether oxygens (including phenoxy) is 2. The smallest absolute Gasteiger partial charge is 0.141 e. The van der Waals surface area contributed by atoms with Crippen molar-refractivity contribution in [2.24, 2.45) is 5.73 Å². The van der Waals surface area contributed by atoms with E-state index in [1.54, 1.807) is 0 Å². The van der Waals surface area contributed by atoms with Crippen molar-refractivity contribution in [3.05, 3.63) is 21.7 Å². The summed E-state index contributed by atoms with van der Waals surface area (Å²) in [6.07, 6.45) is 6.37. The fourth-order valence-corrected chi connectivity index (χ4v) is 4.33. The molecule has 2 heterocycles. The summed E-state index contributed by atoms with van der Waals surface area (Å²) in [6, 6.07) is 0.138. The lowest BCUT2D eigenvalue weighted by atomic mass is 9.81. The Kier molecular flexibility index (Phi) is 3.13. The van der Waals surface area contributed by atoms with E-state index in [1.165, 1.54) is 11.1 Å². The van der Waals surface area contributed by atoms with Gasteiger partial charge in [0.05, 0.1) is 18.2 Å². The number of hydrogen-bond donors (Lipinski definition) is 1. The lowest BCUT2D eigenvalue weighted by Crippen LogP contribution is -2.34. The van der Waals surface area contributed by atoms with E-state index in [0.29, 0.717) is 0 Å². The van der Waals surface area contributed by atoms with Crippen LogP contribution in [0.1, 0.15) is 49.3 Å². The third-order valence-corrected chi connectivity index (χ3v) is 5.73. The molecule has 1 aromatic rings. The van der Waals surface area contributed by atoms with Gasteiger partial charge in [-0.05, 0) is 45.4 Å². The minimum absolute atomic E-state index is 0.0802. The summed E-state index contributed by atoms with van der Waals surface area (Å²) < 4.78 is 12.0. The van der Waals surface area contributed by atoms with Crippen LogP contribution in [0.25, 0.3) is 0 Å². The summed E-state index contributed by atoms with van der Waals surface area (Å²) >= 11 is 6.63. The second kappa shape index (κ2) is 4.79. The largest absolute Gasteiger partial charge is 0.493 e. The van der Waals surface area contributed by atoms with Crippen LogP contribution in [0.5, 0.6) is 11.5 Å². The fraction of sp³-hybridized carbons (Fsp3) is 0.647. The molecule has 1 saturated carbocycles. The van der Waals surface area contributed by atoms with E-state index in [9.17, 15) is 0 Å². The summed E-state index contributed by atoms with van der Waals surface area (Å²) in [5.74, 6) is 1.94. The van der Waals surface area contributed by atoms with Crippen LogP contribution in [0.2, 0.25) is 5.02 Å². The highest BCUT2D eigenvalue weighted by Crippen LogP contribution is 2.59. The quantitative estimate of drug-likeness (QED) is 0.911. The zero-order valence-corrected chi connectivity index (χ0v) is 13.3. The molecule has 0 aromatic heterocycles. The van der Waals surface area contributed by atoms with Gasteiger partial charge in [-0.3, -0.25) is 0 Å². The van der Waals surface area contributed by atoms with Gasteiger partial charge in [-0.15, -0.1) is 0 Å². The Morgan fingerprint density at radius 2 is 1.67 bits per heavy atom. The van der Waals surface area contributed by atoms with Crippen molar-refractivity contribution >= 4 is 11.6 Å². The monoisotopic (exact) mass is 307 g/mol. The van der Waals surface area contributed by atoms with E-state index < -0.39 is 0 Å². The molecule has 2 aliphatic heterocycles. The van der Waals surface area contributed by atoms with Gasteiger partial charge in [-0.1, -0.05) is 11.6 Å². The minimum atomic E-state index is 0.0802. The third kappa shape index (κ3) is 1.90. The Bertz CT molecular complexity index is 556. The summed E-state index contributed by atoms with van der Waals surface area (Å²) in [5, 5.41) is 0.781. The third-order valence-electron chi connectivity index (χ3n) is 5.33. The lowest BCUT2D eigenvalue weighted by Gasteiger charge is -2.33. The average molecular weight is 308 g/mol. The molecule has 21 heavy (non-hydrogen) atoms. The maximum atomic E-state index is 6.63.